The summed E-state index contributed by atoms with van der Waals surface area (Å²) in [5.74, 6) is 3.13. The molecule has 2 nitrogen and oxygen atoms in total. The van der Waals surface area contributed by atoms with E-state index in [2.05, 4.69) is 10.4 Å². The molecule has 2 aliphatic heterocycles. The van der Waals surface area contributed by atoms with E-state index in [9.17, 15) is 0 Å². The average Bonchev–Trinajstić information content (AvgIpc) is 2.66. The minimum absolute atomic E-state index is 0.856. The van der Waals surface area contributed by atoms with Crippen molar-refractivity contribution < 1.29 is 0 Å². The van der Waals surface area contributed by atoms with Crippen LogP contribution >= 0.6 is 0 Å². The quantitative estimate of drug-likeness (QED) is 0.653. The molecule has 15 heavy (non-hydrogen) atoms. The second-order valence-corrected chi connectivity index (χ2v) is 6.17. The highest BCUT2D eigenvalue weighted by atomic mass is 15.6. The summed E-state index contributed by atoms with van der Waals surface area (Å²) in [6.45, 7) is 1.32. The summed E-state index contributed by atoms with van der Waals surface area (Å²) in [6, 6.07) is 1.79. The van der Waals surface area contributed by atoms with Gasteiger partial charge < -0.3 is 0 Å². The van der Waals surface area contributed by atoms with Gasteiger partial charge in [-0.05, 0) is 49.9 Å². The standard InChI is InChI=1S/C13H22N2/c1-3-9-6-7-10-4-2-8-15-13(10)12(9)11(5-1)14-15/h9-14H,1-8H2. The van der Waals surface area contributed by atoms with Crippen LogP contribution in [-0.2, 0) is 0 Å². The molecule has 0 amide bonds. The van der Waals surface area contributed by atoms with Gasteiger partial charge >= 0.3 is 0 Å². The van der Waals surface area contributed by atoms with Crippen molar-refractivity contribution in [3.8, 4) is 0 Å². The molecule has 1 N–H and O–H groups in total. The molecule has 0 spiro atoms. The summed E-state index contributed by atoms with van der Waals surface area (Å²) < 4.78 is 0. The molecule has 5 atom stereocenters. The van der Waals surface area contributed by atoms with Crippen molar-refractivity contribution in [3.63, 3.8) is 0 Å². The molecule has 0 bridgehead atoms. The topological polar surface area (TPSA) is 15.3 Å². The van der Waals surface area contributed by atoms with Gasteiger partial charge in [0.15, 0.2) is 0 Å². The fraction of sp³-hybridized carbons (Fsp3) is 1.00. The third-order valence-corrected chi connectivity index (χ3v) is 5.55. The Morgan fingerprint density at radius 1 is 0.867 bits per heavy atom. The molecule has 2 aliphatic carbocycles. The molecule has 4 fully saturated rings. The van der Waals surface area contributed by atoms with Crippen molar-refractivity contribution >= 4 is 0 Å². The van der Waals surface area contributed by atoms with Crippen LogP contribution < -0.4 is 5.43 Å². The maximum Gasteiger partial charge on any atom is 0.0318 e. The minimum atomic E-state index is 0.856. The van der Waals surface area contributed by atoms with E-state index in [1.807, 2.05) is 0 Å². The molecule has 84 valence electrons. The van der Waals surface area contributed by atoms with Crippen LogP contribution in [0.15, 0.2) is 0 Å². The number of hydrazine groups is 1. The van der Waals surface area contributed by atoms with Crippen LogP contribution in [-0.4, -0.2) is 23.6 Å². The third kappa shape index (κ3) is 1.18. The maximum atomic E-state index is 3.83. The van der Waals surface area contributed by atoms with Gasteiger partial charge in [0.1, 0.15) is 0 Å². The Labute approximate surface area is 92.4 Å². The molecule has 2 saturated heterocycles. The normalized spacial score (nSPS) is 54.0. The van der Waals surface area contributed by atoms with E-state index in [0.717, 1.165) is 29.8 Å². The smallest absolute Gasteiger partial charge is 0.0318 e. The number of nitrogens with one attached hydrogen (secondary N) is 1. The lowest BCUT2D eigenvalue weighted by atomic mass is 9.62. The van der Waals surface area contributed by atoms with E-state index >= 15 is 0 Å². The average molecular weight is 206 g/mol. The van der Waals surface area contributed by atoms with Crippen molar-refractivity contribution in [2.75, 3.05) is 6.54 Å². The summed E-state index contributed by atoms with van der Waals surface area (Å²) in [5, 5.41) is 2.64. The zero-order valence-electron chi connectivity index (χ0n) is 9.49. The van der Waals surface area contributed by atoms with Crippen molar-refractivity contribution in [1.82, 2.24) is 10.4 Å². The molecule has 5 unspecified atom stereocenters. The largest absolute Gasteiger partial charge is 0.251 e. The minimum Gasteiger partial charge on any atom is -0.251 e. The van der Waals surface area contributed by atoms with Crippen LogP contribution in [0.2, 0.25) is 0 Å². The Morgan fingerprint density at radius 2 is 1.73 bits per heavy atom. The van der Waals surface area contributed by atoms with Gasteiger partial charge in [0, 0.05) is 18.6 Å². The Bertz CT molecular complexity index is 239. The van der Waals surface area contributed by atoms with Gasteiger partial charge in [-0.2, -0.15) is 0 Å². The van der Waals surface area contributed by atoms with Gasteiger partial charge in [0.2, 0.25) is 0 Å². The van der Waals surface area contributed by atoms with E-state index in [1.54, 1.807) is 0 Å². The highest BCUT2D eigenvalue weighted by Gasteiger charge is 2.53. The Hall–Kier alpha value is -0.0800. The van der Waals surface area contributed by atoms with Crippen LogP contribution in [0, 0.1) is 17.8 Å². The van der Waals surface area contributed by atoms with E-state index in [1.165, 1.54) is 51.5 Å². The van der Waals surface area contributed by atoms with Crippen molar-refractivity contribution in [3.05, 3.63) is 0 Å². The SMILES string of the molecule is C1CC2CCC3CCCN4NC(C1)C2C34. The molecule has 0 aromatic heterocycles. The number of nitrogens with zero attached hydrogens (tertiary/aromatic N) is 1. The lowest BCUT2D eigenvalue weighted by molar-refractivity contribution is 0.0231. The van der Waals surface area contributed by atoms with E-state index in [0.29, 0.717) is 0 Å². The first-order valence-corrected chi connectivity index (χ1v) is 6.96. The van der Waals surface area contributed by atoms with Crippen LogP contribution in [0.3, 0.4) is 0 Å². The molecule has 2 saturated carbocycles. The first-order chi connectivity index (χ1) is 7.43. The fourth-order valence-corrected chi connectivity index (χ4v) is 5.04. The summed E-state index contributed by atoms with van der Waals surface area (Å²) in [4.78, 5) is 0. The summed E-state index contributed by atoms with van der Waals surface area (Å²) in [6.07, 6.45) is 10.5. The zero-order valence-corrected chi connectivity index (χ0v) is 9.49. The molecule has 0 aromatic carbocycles. The highest BCUT2D eigenvalue weighted by Crippen LogP contribution is 2.50. The molecule has 2 heterocycles. The van der Waals surface area contributed by atoms with Crippen LogP contribution in [0.25, 0.3) is 0 Å². The summed E-state index contributed by atoms with van der Waals surface area (Å²) in [5.41, 5.74) is 3.83. The number of hydrogen-bond acceptors (Lipinski definition) is 2. The fourth-order valence-electron chi connectivity index (χ4n) is 5.04. The number of rotatable bonds is 0. The number of hydrogen-bond donors (Lipinski definition) is 1. The Balaban J connectivity index is 1.69. The van der Waals surface area contributed by atoms with E-state index < -0.39 is 0 Å². The molecule has 4 aliphatic rings. The van der Waals surface area contributed by atoms with Crippen LogP contribution in [0.4, 0.5) is 0 Å². The van der Waals surface area contributed by atoms with Gasteiger partial charge in [-0.3, -0.25) is 5.43 Å². The van der Waals surface area contributed by atoms with E-state index in [-0.39, 0.29) is 0 Å². The second-order valence-electron chi connectivity index (χ2n) is 6.17. The zero-order chi connectivity index (χ0) is 9.83. The predicted octanol–water partition coefficient (Wildman–Crippen LogP) is 2.16. The predicted molar refractivity (Wildman–Crippen MR) is 60.2 cm³/mol. The van der Waals surface area contributed by atoms with Crippen molar-refractivity contribution in [2.45, 2.75) is 57.0 Å². The Morgan fingerprint density at radius 3 is 2.73 bits per heavy atom. The third-order valence-electron chi connectivity index (χ3n) is 5.55. The van der Waals surface area contributed by atoms with Gasteiger partial charge in [0.25, 0.3) is 0 Å². The maximum absolute atomic E-state index is 3.83. The van der Waals surface area contributed by atoms with Gasteiger partial charge in [-0.15, -0.1) is 0 Å². The summed E-state index contributed by atoms with van der Waals surface area (Å²) in [7, 11) is 0. The van der Waals surface area contributed by atoms with Crippen LogP contribution in [0.1, 0.15) is 44.9 Å². The summed E-state index contributed by atoms with van der Waals surface area (Å²) >= 11 is 0. The van der Waals surface area contributed by atoms with Crippen molar-refractivity contribution in [1.29, 1.82) is 0 Å². The van der Waals surface area contributed by atoms with Crippen LogP contribution in [0.5, 0.6) is 0 Å². The molecular weight excluding hydrogens is 184 g/mol. The Kier molecular flexibility index (Phi) is 1.92. The molecule has 0 aromatic rings. The first-order valence-electron chi connectivity index (χ1n) is 6.96. The van der Waals surface area contributed by atoms with Gasteiger partial charge in [0.05, 0.1) is 0 Å². The molecule has 2 heteroatoms. The van der Waals surface area contributed by atoms with Crippen molar-refractivity contribution in [2.24, 2.45) is 17.8 Å². The lowest BCUT2D eigenvalue weighted by Gasteiger charge is -2.46. The monoisotopic (exact) mass is 206 g/mol. The molecule has 0 radical (unpaired) electrons. The first kappa shape index (κ1) is 9.00. The number of piperidine rings is 1. The molecular formula is C13H22N2. The lowest BCUT2D eigenvalue weighted by Crippen LogP contribution is -2.50. The van der Waals surface area contributed by atoms with Gasteiger partial charge in [-0.1, -0.05) is 12.8 Å². The van der Waals surface area contributed by atoms with E-state index in [4.69, 9.17) is 0 Å². The highest BCUT2D eigenvalue weighted by molar-refractivity contribution is 5.05. The second kappa shape index (κ2) is 3.21. The van der Waals surface area contributed by atoms with Gasteiger partial charge in [-0.25, -0.2) is 5.01 Å². The molecule has 4 rings (SSSR count).